The molecule has 2 rings (SSSR count). The Bertz CT molecular complexity index is 503. The summed E-state index contributed by atoms with van der Waals surface area (Å²) in [4.78, 5) is 20.9. The van der Waals surface area contributed by atoms with Crippen molar-refractivity contribution in [3.63, 3.8) is 0 Å². The van der Waals surface area contributed by atoms with Gasteiger partial charge in [-0.05, 0) is 46.5 Å². The standard InChI is InChI=1S/C15H26N4O/c1-11-17-13(8-14(20)18-11)19-7-5-6-12(10-19)9-16-15(2,3)4/h8,12,16H,5-7,9-10H2,1-4H3,(H,17,18,20). The number of rotatable bonds is 3. The lowest BCUT2D eigenvalue weighted by Crippen LogP contribution is -2.45. The van der Waals surface area contributed by atoms with E-state index in [2.05, 4.69) is 41.0 Å². The first-order valence-electron chi connectivity index (χ1n) is 7.41. The molecule has 1 aliphatic rings. The molecule has 1 unspecified atom stereocenters. The van der Waals surface area contributed by atoms with E-state index in [1.54, 1.807) is 6.07 Å². The molecule has 2 N–H and O–H groups in total. The van der Waals surface area contributed by atoms with Gasteiger partial charge in [-0.25, -0.2) is 4.98 Å². The molecule has 0 saturated carbocycles. The summed E-state index contributed by atoms with van der Waals surface area (Å²) in [6, 6.07) is 1.60. The van der Waals surface area contributed by atoms with Gasteiger partial charge in [-0.3, -0.25) is 4.79 Å². The van der Waals surface area contributed by atoms with Crippen molar-refractivity contribution >= 4 is 5.82 Å². The highest BCUT2D eigenvalue weighted by Crippen LogP contribution is 2.20. The van der Waals surface area contributed by atoms with Crippen molar-refractivity contribution in [3.8, 4) is 0 Å². The Morgan fingerprint density at radius 1 is 1.50 bits per heavy atom. The quantitative estimate of drug-likeness (QED) is 0.883. The summed E-state index contributed by atoms with van der Waals surface area (Å²) in [6.07, 6.45) is 2.39. The van der Waals surface area contributed by atoms with Crippen LogP contribution >= 0.6 is 0 Å². The first-order valence-corrected chi connectivity index (χ1v) is 7.41. The fraction of sp³-hybridized carbons (Fsp3) is 0.733. The van der Waals surface area contributed by atoms with Crippen LogP contribution in [0.3, 0.4) is 0 Å². The fourth-order valence-corrected chi connectivity index (χ4v) is 2.62. The van der Waals surface area contributed by atoms with Crippen LogP contribution in [0.25, 0.3) is 0 Å². The molecule has 0 aromatic carbocycles. The average Bonchev–Trinajstić information content (AvgIpc) is 2.35. The van der Waals surface area contributed by atoms with E-state index in [0.29, 0.717) is 11.7 Å². The Balaban J connectivity index is 2.01. The molecule has 0 spiro atoms. The molecule has 5 nitrogen and oxygen atoms in total. The molecule has 1 fully saturated rings. The fourth-order valence-electron chi connectivity index (χ4n) is 2.62. The van der Waals surface area contributed by atoms with Crippen molar-refractivity contribution in [2.45, 2.75) is 46.1 Å². The van der Waals surface area contributed by atoms with Crippen molar-refractivity contribution in [1.29, 1.82) is 0 Å². The number of H-pyrrole nitrogens is 1. The average molecular weight is 278 g/mol. The third kappa shape index (κ3) is 4.34. The molecule has 2 heterocycles. The van der Waals surface area contributed by atoms with E-state index in [0.717, 1.165) is 31.9 Å². The van der Waals surface area contributed by atoms with Gasteiger partial charge in [0, 0.05) is 31.2 Å². The van der Waals surface area contributed by atoms with Gasteiger partial charge in [0.15, 0.2) is 0 Å². The second-order valence-corrected chi connectivity index (χ2v) is 6.77. The first kappa shape index (κ1) is 15.0. The van der Waals surface area contributed by atoms with Crippen LogP contribution in [0.4, 0.5) is 5.82 Å². The molecule has 20 heavy (non-hydrogen) atoms. The highest BCUT2D eigenvalue weighted by atomic mass is 16.1. The molecule has 1 aromatic rings. The van der Waals surface area contributed by atoms with Gasteiger partial charge in [0.05, 0.1) is 0 Å². The van der Waals surface area contributed by atoms with E-state index in [1.807, 2.05) is 6.92 Å². The lowest BCUT2D eigenvalue weighted by molar-refractivity contribution is 0.335. The van der Waals surface area contributed by atoms with Crippen molar-refractivity contribution in [2.75, 3.05) is 24.5 Å². The summed E-state index contributed by atoms with van der Waals surface area (Å²) in [5, 5.41) is 3.57. The number of hydrogen-bond donors (Lipinski definition) is 2. The van der Waals surface area contributed by atoms with Crippen molar-refractivity contribution < 1.29 is 0 Å². The lowest BCUT2D eigenvalue weighted by atomic mass is 9.96. The Hall–Kier alpha value is -1.36. The number of nitrogens with one attached hydrogen (secondary N) is 2. The van der Waals surface area contributed by atoms with E-state index in [4.69, 9.17) is 0 Å². The molecule has 1 aromatic heterocycles. The third-order valence-electron chi connectivity index (χ3n) is 3.61. The molecule has 0 amide bonds. The second-order valence-electron chi connectivity index (χ2n) is 6.77. The Morgan fingerprint density at radius 2 is 2.25 bits per heavy atom. The normalized spacial score (nSPS) is 20.2. The number of aromatic nitrogens is 2. The molecule has 0 bridgehead atoms. The van der Waals surface area contributed by atoms with Crippen molar-refractivity contribution in [3.05, 3.63) is 22.2 Å². The first-order chi connectivity index (χ1) is 9.33. The van der Waals surface area contributed by atoms with Gasteiger partial charge in [0.1, 0.15) is 11.6 Å². The van der Waals surface area contributed by atoms with Crippen LogP contribution in [-0.4, -0.2) is 35.1 Å². The molecule has 0 radical (unpaired) electrons. The predicted octanol–water partition coefficient (Wildman–Crippen LogP) is 1.68. The molecule has 1 aliphatic heterocycles. The third-order valence-corrected chi connectivity index (χ3v) is 3.61. The van der Waals surface area contributed by atoms with Crippen LogP contribution in [0.15, 0.2) is 10.9 Å². The van der Waals surface area contributed by atoms with Crippen molar-refractivity contribution in [2.24, 2.45) is 5.92 Å². The number of piperidine rings is 1. The highest BCUT2D eigenvalue weighted by molar-refractivity contribution is 5.38. The minimum atomic E-state index is -0.0672. The van der Waals surface area contributed by atoms with Gasteiger partial charge in [0.25, 0.3) is 5.56 Å². The minimum absolute atomic E-state index is 0.0672. The zero-order valence-corrected chi connectivity index (χ0v) is 13.0. The molecule has 5 heteroatoms. The van der Waals surface area contributed by atoms with Crippen LogP contribution in [0.2, 0.25) is 0 Å². The predicted molar refractivity (Wildman–Crippen MR) is 82.3 cm³/mol. The minimum Gasteiger partial charge on any atom is -0.356 e. The largest absolute Gasteiger partial charge is 0.356 e. The van der Waals surface area contributed by atoms with E-state index < -0.39 is 0 Å². The molecular weight excluding hydrogens is 252 g/mol. The van der Waals surface area contributed by atoms with Gasteiger partial charge in [-0.2, -0.15) is 0 Å². The smallest absolute Gasteiger partial charge is 0.252 e. The summed E-state index contributed by atoms with van der Waals surface area (Å²) < 4.78 is 0. The van der Waals surface area contributed by atoms with Crippen LogP contribution in [0, 0.1) is 12.8 Å². The SMILES string of the molecule is Cc1nc(N2CCCC(CNC(C)(C)C)C2)cc(=O)[nH]1. The topological polar surface area (TPSA) is 61.0 Å². The molecule has 112 valence electrons. The van der Waals surface area contributed by atoms with Crippen LogP contribution in [0.5, 0.6) is 0 Å². The van der Waals surface area contributed by atoms with Gasteiger partial charge < -0.3 is 15.2 Å². The number of aromatic amines is 1. The maximum absolute atomic E-state index is 11.6. The van der Waals surface area contributed by atoms with E-state index in [1.165, 1.54) is 6.42 Å². The number of anilines is 1. The van der Waals surface area contributed by atoms with Gasteiger partial charge in [-0.15, -0.1) is 0 Å². The molecule has 0 aliphatic carbocycles. The van der Waals surface area contributed by atoms with Gasteiger partial charge in [-0.1, -0.05) is 0 Å². The molecule has 1 saturated heterocycles. The molecule has 1 atom stereocenters. The Kier molecular flexibility index (Phi) is 4.48. The van der Waals surface area contributed by atoms with Crippen LogP contribution in [-0.2, 0) is 0 Å². The monoisotopic (exact) mass is 278 g/mol. The summed E-state index contributed by atoms with van der Waals surface area (Å²) >= 11 is 0. The summed E-state index contributed by atoms with van der Waals surface area (Å²) in [5.41, 5.74) is 0.0866. The Labute approximate surface area is 120 Å². The number of nitrogens with zero attached hydrogens (tertiary/aromatic N) is 2. The van der Waals surface area contributed by atoms with Gasteiger partial charge in [0.2, 0.25) is 0 Å². The zero-order chi connectivity index (χ0) is 14.8. The lowest BCUT2D eigenvalue weighted by Gasteiger charge is -2.35. The van der Waals surface area contributed by atoms with Gasteiger partial charge >= 0.3 is 0 Å². The zero-order valence-electron chi connectivity index (χ0n) is 13.0. The highest BCUT2D eigenvalue weighted by Gasteiger charge is 2.22. The second kappa shape index (κ2) is 5.95. The maximum atomic E-state index is 11.6. The van der Waals surface area contributed by atoms with E-state index >= 15 is 0 Å². The summed E-state index contributed by atoms with van der Waals surface area (Å²) in [7, 11) is 0. The van der Waals surface area contributed by atoms with Crippen LogP contribution < -0.4 is 15.8 Å². The van der Waals surface area contributed by atoms with E-state index in [-0.39, 0.29) is 11.1 Å². The number of hydrogen-bond acceptors (Lipinski definition) is 4. The summed E-state index contributed by atoms with van der Waals surface area (Å²) in [5.74, 6) is 2.11. The van der Waals surface area contributed by atoms with E-state index in [9.17, 15) is 4.79 Å². The number of aryl methyl sites for hydroxylation is 1. The molecular formula is C15H26N4O. The van der Waals surface area contributed by atoms with Crippen LogP contribution in [0.1, 0.15) is 39.4 Å². The van der Waals surface area contributed by atoms with Crippen molar-refractivity contribution in [1.82, 2.24) is 15.3 Å². The maximum Gasteiger partial charge on any atom is 0.252 e. The summed E-state index contributed by atoms with van der Waals surface area (Å²) in [6.45, 7) is 11.4. The Morgan fingerprint density at radius 3 is 2.90 bits per heavy atom.